The van der Waals surface area contributed by atoms with E-state index >= 15 is 0 Å². The molecule has 10 heteroatoms. The number of halogens is 3. The molecule has 1 aromatic rings. The molecule has 0 saturated heterocycles. The topological polar surface area (TPSA) is 84.0 Å². The van der Waals surface area contributed by atoms with Crippen LogP contribution in [0.1, 0.15) is 19.7 Å². The highest BCUT2D eigenvalue weighted by Crippen LogP contribution is 2.28. The molecule has 0 radical (unpaired) electrons. The molecule has 0 amide bonds. The van der Waals surface area contributed by atoms with E-state index in [1.54, 1.807) is 0 Å². The Morgan fingerprint density at radius 1 is 1.19 bits per heavy atom. The van der Waals surface area contributed by atoms with Gasteiger partial charge in [0.2, 0.25) is 5.82 Å². The summed E-state index contributed by atoms with van der Waals surface area (Å²) >= 11 is 0. The molecule has 0 spiro atoms. The average molecular weight is 326 g/mol. The zero-order valence-electron chi connectivity index (χ0n) is 12.0. The molecular formula is C11H17F3N4O2S. The molecule has 6 nitrogen and oxygen atoms in total. The second-order valence-electron chi connectivity index (χ2n) is 5.10. The van der Waals surface area contributed by atoms with Gasteiger partial charge in [0, 0.05) is 25.9 Å². The van der Waals surface area contributed by atoms with Crippen LogP contribution in [0.3, 0.4) is 0 Å². The van der Waals surface area contributed by atoms with Crippen LogP contribution < -0.4 is 10.6 Å². The number of rotatable bonds is 5. The summed E-state index contributed by atoms with van der Waals surface area (Å²) < 4.78 is 60.0. The first-order chi connectivity index (χ1) is 9.37. The summed E-state index contributed by atoms with van der Waals surface area (Å²) in [6, 6.07) is 1.27. The van der Waals surface area contributed by atoms with Gasteiger partial charge in [0.15, 0.2) is 9.84 Å². The minimum Gasteiger partial charge on any atom is -0.373 e. The molecule has 120 valence electrons. The van der Waals surface area contributed by atoms with Crippen LogP contribution in [0.5, 0.6) is 0 Å². The van der Waals surface area contributed by atoms with Gasteiger partial charge in [-0.3, -0.25) is 0 Å². The Bertz CT molecular complexity index is 614. The summed E-state index contributed by atoms with van der Waals surface area (Å²) in [6.45, 7) is 2.86. The van der Waals surface area contributed by atoms with Gasteiger partial charge >= 0.3 is 6.18 Å². The number of nitrogens with zero attached hydrogens (tertiary/aromatic N) is 2. The molecule has 1 rings (SSSR count). The Labute approximate surface area is 121 Å². The van der Waals surface area contributed by atoms with E-state index in [1.165, 1.54) is 27.0 Å². The smallest absolute Gasteiger partial charge is 0.373 e. The second kappa shape index (κ2) is 5.66. The number of alkyl halides is 3. The fraction of sp³-hybridized carbons (Fsp3) is 0.636. The molecule has 0 saturated carbocycles. The normalized spacial score (nSPS) is 13.1. The number of aromatic nitrogens is 2. The van der Waals surface area contributed by atoms with E-state index < -0.39 is 26.6 Å². The number of anilines is 2. The van der Waals surface area contributed by atoms with E-state index in [9.17, 15) is 21.6 Å². The van der Waals surface area contributed by atoms with Gasteiger partial charge in [-0.1, -0.05) is 0 Å². The maximum atomic E-state index is 12.7. The van der Waals surface area contributed by atoms with Crippen molar-refractivity contribution in [3.8, 4) is 0 Å². The summed E-state index contributed by atoms with van der Waals surface area (Å²) in [6.07, 6.45) is -3.62. The van der Waals surface area contributed by atoms with Gasteiger partial charge in [-0.15, -0.1) is 0 Å². The van der Waals surface area contributed by atoms with Crippen molar-refractivity contribution >= 4 is 21.5 Å². The predicted octanol–water partition coefficient (Wildman–Crippen LogP) is 1.77. The summed E-state index contributed by atoms with van der Waals surface area (Å²) in [5, 5.41) is 5.11. The fourth-order valence-corrected chi connectivity index (χ4v) is 1.56. The lowest BCUT2D eigenvalue weighted by Crippen LogP contribution is -2.38. The largest absolute Gasteiger partial charge is 0.451 e. The summed E-state index contributed by atoms with van der Waals surface area (Å²) in [5.74, 6) is -1.41. The maximum Gasteiger partial charge on any atom is 0.451 e. The highest BCUT2D eigenvalue weighted by molar-refractivity contribution is 7.92. The Balaban J connectivity index is 3.04. The zero-order chi connectivity index (χ0) is 16.5. The molecule has 0 aliphatic carbocycles. The molecule has 2 N–H and O–H groups in total. The molecule has 0 aliphatic heterocycles. The molecule has 0 bridgehead atoms. The molecule has 1 heterocycles. The van der Waals surface area contributed by atoms with Crippen LogP contribution in [-0.2, 0) is 16.0 Å². The first-order valence-electron chi connectivity index (χ1n) is 5.94. The highest BCUT2D eigenvalue weighted by Gasteiger charge is 2.36. The number of nitrogens with one attached hydrogen (secondary N) is 2. The number of hydrogen-bond donors (Lipinski definition) is 2. The quantitative estimate of drug-likeness (QED) is 0.858. The lowest BCUT2D eigenvalue weighted by Gasteiger charge is -2.23. The van der Waals surface area contributed by atoms with Crippen molar-refractivity contribution < 1.29 is 21.6 Å². The molecule has 21 heavy (non-hydrogen) atoms. The van der Waals surface area contributed by atoms with E-state index in [-0.39, 0.29) is 18.2 Å². The van der Waals surface area contributed by atoms with Gasteiger partial charge in [-0.25, -0.2) is 18.4 Å². The minimum atomic E-state index is -4.68. The van der Waals surface area contributed by atoms with E-state index in [0.29, 0.717) is 0 Å². The molecule has 0 fully saturated rings. The maximum absolute atomic E-state index is 12.7. The lowest BCUT2D eigenvalue weighted by molar-refractivity contribution is -0.144. The van der Waals surface area contributed by atoms with Crippen molar-refractivity contribution in [2.45, 2.75) is 24.8 Å². The van der Waals surface area contributed by atoms with Crippen LogP contribution in [0.4, 0.5) is 24.8 Å². The Hall–Kier alpha value is -1.58. The van der Waals surface area contributed by atoms with Crippen molar-refractivity contribution in [2.75, 3.05) is 30.5 Å². The predicted molar refractivity (Wildman–Crippen MR) is 74.0 cm³/mol. The van der Waals surface area contributed by atoms with E-state index in [4.69, 9.17) is 0 Å². The average Bonchev–Trinajstić information content (AvgIpc) is 2.33. The third-order valence-corrected chi connectivity index (χ3v) is 5.09. The second-order valence-corrected chi connectivity index (χ2v) is 7.74. The van der Waals surface area contributed by atoms with Crippen LogP contribution in [0.2, 0.25) is 0 Å². The van der Waals surface area contributed by atoms with Gasteiger partial charge in [0.05, 0.1) is 4.75 Å². The molecule has 0 unspecified atom stereocenters. The van der Waals surface area contributed by atoms with Crippen molar-refractivity contribution in [2.24, 2.45) is 0 Å². The molecular weight excluding hydrogens is 309 g/mol. The monoisotopic (exact) mass is 326 g/mol. The van der Waals surface area contributed by atoms with Crippen molar-refractivity contribution in [1.82, 2.24) is 9.97 Å². The SMILES string of the molecule is CNc1cc(NCC(C)(C)S(C)(=O)=O)nc(C(F)(F)F)n1. The van der Waals surface area contributed by atoms with E-state index in [1.807, 2.05) is 0 Å². The van der Waals surface area contributed by atoms with Gasteiger partial charge in [-0.05, 0) is 13.8 Å². The standard InChI is InChI=1S/C11H17F3N4O2S/c1-10(2,21(4,19)20)6-16-8-5-7(15-3)17-9(18-8)11(12,13)14/h5H,6H2,1-4H3,(H2,15,16,17,18). The van der Waals surface area contributed by atoms with Crippen LogP contribution >= 0.6 is 0 Å². The van der Waals surface area contributed by atoms with Crippen LogP contribution in [0, 0.1) is 0 Å². The first-order valence-corrected chi connectivity index (χ1v) is 7.83. The highest BCUT2D eigenvalue weighted by atomic mass is 32.2. The molecule has 0 atom stereocenters. The summed E-state index contributed by atoms with van der Waals surface area (Å²) in [5.41, 5.74) is 0. The van der Waals surface area contributed by atoms with Crippen molar-refractivity contribution in [1.29, 1.82) is 0 Å². The van der Waals surface area contributed by atoms with Gasteiger partial charge in [0.25, 0.3) is 0 Å². The van der Waals surface area contributed by atoms with Crippen molar-refractivity contribution in [3.63, 3.8) is 0 Å². The lowest BCUT2D eigenvalue weighted by atomic mass is 10.2. The molecule has 1 aromatic heterocycles. The van der Waals surface area contributed by atoms with Crippen LogP contribution in [0.25, 0.3) is 0 Å². The van der Waals surface area contributed by atoms with Crippen molar-refractivity contribution in [3.05, 3.63) is 11.9 Å². The van der Waals surface area contributed by atoms with E-state index in [0.717, 1.165) is 6.26 Å². The Morgan fingerprint density at radius 3 is 2.14 bits per heavy atom. The van der Waals surface area contributed by atoms with Gasteiger partial charge in [-0.2, -0.15) is 13.2 Å². The molecule has 0 aliphatic rings. The van der Waals surface area contributed by atoms with Gasteiger partial charge in [0.1, 0.15) is 11.6 Å². The number of hydrogen-bond acceptors (Lipinski definition) is 6. The van der Waals surface area contributed by atoms with E-state index in [2.05, 4.69) is 20.6 Å². The zero-order valence-corrected chi connectivity index (χ0v) is 12.9. The van der Waals surface area contributed by atoms with Gasteiger partial charge < -0.3 is 10.6 Å². The summed E-state index contributed by atoms with van der Waals surface area (Å²) in [7, 11) is -1.95. The fourth-order valence-electron chi connectivity index (χ4n) is 1.23. The minimum absolute atomic E-state index is 0.0167. The van der Waals surface area contributed by atoms with Crippen LogP contribution in [0.15, 0.2) is 6.07 Å². The Kier molecular flexibility index (Phi) is 4.71. The summed E-state index contributed by atoms with van der Waals surface area (Å²) in [4.78, 5) is 6.67. The number of sulfone groups is 1. The molecule has 0 aromatic carbocycles. The Morgan fingerprint density at radius 2 is 1.71 bits per heavy atom. The van der Waals surface area contributed by atoms with Crippen LogP contribution in [-0.4, -0.2) is 43.0 Å². The first kappa shape index (κ1) is 17.5. The third kappa shape index (κ3) is 4.45. The third-order valence-electron chi connectivity index (χ3n) is 2.93.